The fourth-order valence-corrected chi connectivity index (χ4v) is 3.70. The Morgan fingerprint density at radius 2 is 1.93 bits per heavy atom. The highest BCUT2D eigenvalue weighted by Gasteiger charge is 2.33. The molecule has 8 heteroatoms. The van der Waals surface area contributed by atoms with E-state index in [2.05, 4.69) is 15.3 Å². The number of anilines is 1. The Hall–Kier alpha value is -3.55. The van der Waals surface area contributed by atoms with E-state index in [9.17, 15) is 18.4 Å². The lowest BCUT2D eigenvalue weighted by Crippen LogP contribution is -2.32. The van der Waals surface area contributed by atoms with Crippen molar-refractivity contribution in [2.24, 2.45) is 0 Å². The molecule has 1 atom stereocenters. The van der Waals surface area contributed by atoms with E-state index in [1.807, 2.05) is 18.2 Å². The van der Waals surface area contributed by atoms with Crippen molar-refractivity contribution in [3.05, 3.63) is 75.6 Å². The number of imidazole rings is 1. The number of hydrogen-bond acceptors (Lipinski definition) is 3. The van der Waals surface area contributed by atoms with Gasteiger partial charge in [0.25, 0.3) is 5.56 Å². The number of benzene rings is 2. The summed E-state index contributed by atoms with van der Waals surface area (Å²) in [5.74, 6) is -2.17. The average Bonchev–Trinajstić information content (AvgIpc) is 2.99. The van der Waals surface area contributed by atoms with Gasteiger partial charge in [0.2, 0.25) is 11.7 Å². The highest BCUT2D eigenvalue weighted by Crippen LogP contribution is 2.37. The number of aromatic amines is 1. The number of carbonyl (C=O) groups is 1. The summed E-state index contributed by atoms with van der Waals surface area (Å²) in [7, 11) is 0. The highest BCUT2D eigenvalue weighted by atomic mass is 19.1. The molecule has 134 valence electrons. The van der Waals surface area contributed by atoms with E-state index in [4.69, 9.17) is 0 Å². The summed E-state index contributed by atoms with van der Waals surface area (Å²) < 4.78 is 29.3. The third-order valence-electron chi connectivity index (χ3n) is 4.84. The maximum atomic E-state index is 14.4. The van der Waals surface area contributed by atoms with Gasteiger partial charge < -0.3 is 5.32 Å². The Bertz CT molecular complexity index is 1310. The van der Waals surface area contributed by atoms with Crippen LogP contribution in [0.25, 0.3) is 16.8 Å². The molecule has 27 heavy (non-hydrogen) atoms. The summed E-state index contributed by atoms with van der Waals surface area (Å²) in [6.45, 7) is 0. The molecule has 0 unspecified atom stereocenters. The molecule has 3 heterocycles. The lowest BCUT2D eigenvalue weighted by Gasteiger charge is -2.26. The second-order valence-corrected chi connectivity index (χ2v) is 6.45. The number of para-hydroxylation sites is 2. The predicted octanol–water partition coefficient (Wildman–Crippen LogP) is 2.93. The molecular weight excluding hydrogens is 354 g/mol. The molecule has 2 N–H and O–H groups in total. The minimum atomic E-state index is -0.830. The standard InChI is InChI=1S/C19H12F2N4O2/c20-9-5-6-10(12(21)7-9)11-8-15(26)23-17-16(11)18(27)24-19-22-13-3-1-2-4-14(13)25(17)19/h1-7,11H,8H2,(H,23,26)(H,22,24,27)/t11-/m1/s1. The molecule has 1 amide bonds. The van der Waals surface area contributed by atoms with Crippen molar-refractivity contribution in [3.63, 3.8) is 0 Å². The maximum absolute atomic E-state index is 14.4. The summed E-state index contributed by atoms with van der Waals surface area (Å²) in [5.41, 5.74) is 1.19. The number of halogens is 2. The number of carbonyl (C=O) groups excluding carboxylic acids is 1. The molecule has 0 saturated heterocycles. The number of rotatable bonds is 1. The molecular formula is C19H12F2N4O2. The van der Waals surface area contributed by atoms with Crippen LogP contribution in [-0.4, -0.2) is 20.3 Å². The fraction of sp³-hybridized carbons (Fsp3) is 0.105. The van der Waals surface area contributed by atoms with Crippen molar-refractivity contribution in [2.75, 3.05) is 5.32 Å². The molecule has 0 radical (unpaired) electrons. The molecule has 1 aliphatic rings. The van der Waals surface area contributed by atoms with Crippen LogP contribution in [0.2, 0.25) is 0 Å². The third-order valence-corrected chi connectivity index (χ3v) is 4.84. The number of nitrogens with one attached hydrogen (secondary N) is 2. The number of aromatic nitrogens is 3. The first-order valence-electron chi connectivity index (χ1n) is 8.31. The van der Waals surface area contributed by atoms with E-state index < -0.39 is 23.1 Å². The maximum Gasteiger partial charge on any atom is 0.258 e. The second-order valence-electron chi connectivity index (χ2n) is 6.45. The van der Waals surface area contributed by atoms with Crippen molar-refractivity contribution in [1.82, 2.24) is 14.4 Å². The Kier molecular flexibility index (Phi) is 3.18. The van der Waals surface area contributed by atoms with Gasteiger partial charge in [-0.15, -0.1) is 0 Å². The van der Waals surface area contributed by atoms with Crippen LogP contribution in [0.1, 0.15) is 23.5 Å². The molecule has 2 aromatic carbocycles. The summed E-state index contributed by atoms with van der Waals surface area (Å²) in [6, 6.07) is 10.4. The molecule has 0 aliphatic carbocycles. The number of H-pyrrole nitrogens is 1. The molecule has 0 spiro atoms. The van der Waals surface area contributed by atoms with Crippen LogP contribution in [0.4, 0.5) is 14.6 Å². The largest absolute Gasteiger partial charge is 0.311 e. The lowest BCUT2D eigenvalue weighted by atomic mass is 9.86. The van der Waals surface area contributed by atoms with Gasteiger partial charge in [-0.05, 0) is 23.8 Å². The van der Waals surface area contributed by atoms with E-state index in [0.29, 0.717) is 11.0 Å². The number of fused-ring (bicyclic) bond motifs is 5. The van der Waals surface area contributed by atoms with E-state index >= 15 is 0 Å². The van der Waals surface area contributed by atoms with Gasteiger partial charge in [-0.3, -0.25) is 19.0 Å². The van der Waals surface area contributed by atoms with Gasteiger partial charge in [0.1, 0.15) is 17.5 Å². The molecule has 5 rings (SSSR count). The van der Waals surface area contributed by atoms with Crippen LogP contribution in [0.15, 0.2) is 47.3 Å². The average molecular weight is 366 g/mol. The zero-order valence-corrected chi connectivity index (χ0v) is 13.8. The SMILES string of the molecule is O=C1C[C@H](c2ccc(F)cc2F)c2c(n3c(nc4ccccc43)[nH]c2=O)N1. The van der Waals surface area contributed by atoms with Gasteiger partial charge >= 0.3 is 0 Å². The zero-order chi connectivity index (χ0) is 18.7. The number of hydrogen-bond donors (Lipinski definition) is 2. The summed E-state index contributed by atoms with van der Waals surface area (Å²) in [5, 5.41) is 2.72. The summed E-state index contributed by atoms with van der Waals surface area (Å²) in [6.07, 6.45) is -0.114. The van der Waals surface area contributed by atoms with Crippen molar-refractivity contribution in [1.29, 1.82) is 0 Å². The highest BCUT2D eigenvalue weighted by molar-refractivity contribution is 5.96. The fourth-order valence-electron chi connectivity index (χ4n) is 3.70. The van der Waals surface area contributed by atoms with Crippen LogP contribution in [0.3, 0.4) is 0 Å². The van der Waals surface area contributed by atoms with E-state index in [1.54, 1.807) is 10.5 Å². The van der Waals surface area contributed by atoms with Crippen LogP contribution >= 0.6 is 0 Å². The van der Waals surface area contributed by atoms with Crippen LogP contribution in [0.5, 0.6) is 0 Å². The third kappa shape index (κ3) is 2.26. The Balaban J connectivity index is 1.86. The van der Waals surface area contributed by atoms with Crippen molar-refractivity contribution >= 4 is 28.5 Å². The molecule has 0 bridgehead atoms. The van der Waals surface area contributed by atoms with Crippen LogP contribution in [-0.2, 0) is 4.79 Å². The first-order chi connectivity index (χ1) is 13.0. The van der Waals surface area contributed by atoms with Gasteiger partial charge in [0, 0.05) is 18.4 Å². The van der Waals surface area contributed by atoms with Gasteiger partial charge in [0.05, 0.1) is 16.6 Å². The quantitative estimate of drug-likeness (QED) is 0.544. The van der Waals surface area contributed by atoms with Crippen LogP contribution in [0, 0.1) is 11.6 Å². The molecule has 0 saturated carbocycles. The summed E-state index contributed by atoms with van der Waals surface area (Å²) >= 11 is 0. The zero-order valence-electron chi connectivity index (χ0n) is 13.8. The van der Waals surface area contributed by atoms with Gasteiger partial charge in [-0.25, -0.2) is 13.8 Å². The van der Waals surface area contributed by atoms with E-state index in [0.717, 1.165) is 12.1 Å². The second kappa shape index (κ2) is 5.47. The Morgan fingerprint density at radius 3 is 2.74 bits per heavy atom. The lowest BCUT2D eigenvalue weighted by molar-refractivity contribution is -0.116. The summed E-state index contributed by atoms with van der Waals surface area (Å²) in [4.78, 5) is 32.2. The first kappa shape index (κ1) is 15.7. The number of nitrogens with zero attached hydrogens (tertiary/aromatic N) is 2. The van der Waals surface area contributed by atoms with Crippen molar-refractivity contribution in [2.45, 2.75) is 12.3 Å². The van der Waals surface area contributed by atoms with Crippen molar-refractivity contribution < 1.29 is 13.6 Å². The van der Waals surface area contributed by atoms with E-state index in [-0.39, 0.29) is 35.1 Å². The van der Waals surface area contributed by atoms with Gasteiger partial charge in [-0.1, -0.05) is 18.2 Å². The topological polar surface area (TPSA) is 79.3 Å². The van der Waals surface area contributed by atoms with Gasteiger partial charge in [0.15, 0.2) is 0 Å². The predicted molar refractivity (Wildman–Crippen MR) is 94.8 cm³/mol. The minimum Gasteiger partial charge on any atom is -0.311 e. The minimum absolute atomic E-state index is 0.0989. The molecule has 0 fully saturated rings. The Morgan fingerprint density at radius 1 is 1.11 bits per heavy atom. The monoisotopic (exact) mass is 366 g/mol. The molecule has 2 aromatic heterocycles. The molecule has 1 aliphatic heterocycles. The Labute approximate surface area is 150 Å². The van der Waals surface area contributed by atoms with Crippen molar-refractivity contribution in [3.8, 4) is 0 Å². The molecule has 6 nitrogen and oxygen atoms in total. The van der Waals surface area contributed by atoms with Crippen LogP contribution < -0.4 is 10.9 Å². The smallest absolute Gasteiger partial charge is 0.258 e. The normalized spacial score (nSPS) is 16.5. The van der Waals surface area contributed by atoms with E-state index in [1.165, 1.54) is 6.07 Å². The van der Waals surface area contributed by atoms with Gasteiger partial charge in [-0.2, -0.15) is 0 Å². The molecule has 4 aromatic rings. The number of amides is 1. The first-order valence-corrected chi connectivity index (χ1v) is 8.31.